The van der Waals surface area contributed by atoms with E-state index in [0.29, 0.717) is 25.4 Å². The van der Waals surface area contributed by atoms with Crippen LogP contribution in [-0.2, 0) is 0 Å². The quantitative estimate of drug-likeness (QED) is 0.567. The summed E-state index contributed by atoms with van der Waals surface area (Å²) in [7, 11) is 0. The summed E-state index contributed by atoms with van der Waals surface area (Å²) in [6.07, 6.45) is 0.632. The van der Waals surface area contributed by atoms with E-state index in [1.165, 1.54) is 0 Å². The maximum absolute atomic E-state index is 10.4. The molecule has 0 unspecified atom stereocenters. The van der Waals surface area contributed by atoms with E-state index in [4.69, 9.17) is 13.9 Å². The minimum Gasteiger partial charge on any atom is -0.490 e. The van der Waals surface area contributed by atoms with Crippen LogP contribution in [0.4, 0.5) is 0 Å². The number of benzene rings is 1. The van der Waals surface area contributed by atoms with Crippen molar-refractivity contribution in [2.24, 2.45) is 0 Å². The molecule has 0 aliphatic rings. The van der Waals surface area contributed by atoms with Crippen LogP contribution in [0.3, 0.4) is 0 Å². The van der Waals surface area contributed by atoms with E-state index in [1.54, 1.807) is 12.1 Å². The Morgan fingerprint density at radius 3 is 2.47 bits per heavy atom. The molecule has 0 bridgehead atoms. The van der Waals surface area contributed by atoms with Gasteiger partial charge in [0.15, 0.2) is 12.0 Å². The van der Waals surface area contributed by atoms with Gasteiger partial charge in [-0.25, -0.2) is 0 Å². The summed E-state index contributed by atoms with van der Waals surface area (Å²) < 4.78 is 15.7. The Kier molecular flexibility index (Phi) is 3.81. The van der Waals surface area contributed by atoms with Crippen LogP contribution in [0, 0.1) is 0 Å². The smallest absolute Gasteiger partial charge is 0.285 e. The van der Waals surface area contributed by atoms with Crippen LogP contribution in [0.25, 0.3) is 0 Å². The highest BCUT2D eigenvalue weighted by Crippen LogP contribution is 2.14. The van der Waals surface area contributed by atoms with Crippen LogP contribution < -0.4 is 9.47 Å². The van der Waals surface area contributed by atoms with Crippen molar-refractivity contribution in [1.82, 2.24) is 0 Å². The molecule has 4 nitrogen and oxygen atoms in total. The molecule has 0 saturated heterocycles. The summed E-state index contributed by atoms with van der Waals surface area (Å²) in [5, 5.41) is 0. The van der Waals surface area contributed by atoms with Gasteiger partial charge in [-0.05, 0) is 18.2 Å². The number of hydrogen-bond acceptors (Lipinski definition) is 4. The Bertz CT molecular complexity index is 461. The molecule has 1 aromatic heterocycles. The van der Waals surface area contributed by atoms with Gasteiger partial charge < -0.3 is 13.9 Å². The largest absolute Gasteiger partial charge is 0.490 e. The van der Waals surface area contributed by atoms with Gasteiger partial charge in [0.25, 0.3) is 5.95 Å². The summed E-state index contributed by atoms with van der Waals surface area (Å²) in [6.45, 7) is 0.780. The lowest BCUT2D eigenvalue weighted by molar-refractivity contribution is 0.108. The molecule has 0 spiro atoms. The second kappa shape index (κ2) is 5.75. The molecule has 0 amide bonds. The van der Waals surface area contributed by atoms with Crippen LogP contribution in [0.2, 0.25) is 0 Å². The zero-order chi connectivity index (χ0) is 11.9. The van der Waals surface area contributed by atoms with Gasteiger partial charge in [0.05, 0.1) is 0 Å². The van der Waals surface area contributed by atoms with Gasteiger partial charge in [0, 0.05) is 6.07 Å². The zero-order valence-corrected chi connectivity index (χ0v) is 9.17. The lowest BCUT2D eigenvalue weighted by Crippen LogP contribution is -2.08. The summed E-state index contributed by atoms with van der Waals surface area (Å²) >= 11 is 0. The van der Waals surface area contributed by atoms with Crippen molar-refractivity contribution in [1.29, 1.82) is 0 Å². The van der Waals surface area contributed by atoms with E-state index in [1.807, 2.05) is 30.3 Å². The molecule has 0 aliphatic heterocycles. The highest BCUT2D eigenvalue weighted by molar-refractivity contribution is 5.70. The number of ether oxygens (including phenoxy) is 2. The van der Waals surface area contributed by atoms with Crippen LogP contribution in [0.15, 0.2) is 46.9 Å². The Hall–Kier alpha value is -2.23. The molecule has 0 radical (unpaired) electrons. The predicted molar refractivity (Wildman–Crippen MR) is 61.5 cm³/mol. The molecule has 0 aliphatic carbocycles. The standard InChI is InChI=1S/C13H12O4/c14-10-12-6-7-13(17-12)16-9-8-15-11-4-2-1-3-5-11/h1-7,10H,8-9H2. The first-order chi connectivity index (χ1) is 8.38. The Morgan fingerprint density at radius 2 is 1.76 bits per heavy atom. The summed E-state index contributed by atoms with van der Waals surface area (Å²) in [6, 6.07) is 12.6. The van der Waals surface area contributed by atoms with Gasteiger partial charge in [-0.2, -0.15) is 0 Å². The van der Waals surface area contributed by atoms with Gasteiger partial charge in [-0.1, -0.05) is 18.2 Å². The number of carbonyl (C=O) groups is 1. The molecule has 2 aromatic rings. The van der Waals surface area contributed by atoms with Crippen molar-refractivity contribution in [2.45, 2.75) is 0 Å². The first-order valence-electron chi connectivity index (χ1n) is 5.24. The van der Waals surface area contributed by atoms with Crippen molar-refractivity contribution < 1.29 is 18.7 Å². The second-order valence-corrected chi connectivity index (χ2v) is 3.28. The SMILES string of the molecule is O=Cc1ccc(OCCOc2ccccc2)o1. The fraction of sp³-hybridized carbons (Fsp3) is 0.154. The molecule has 0 saturated carbocycles. The Morgan fingerprint density at radius 1 is 1.00 bits per heavy atom. The molecule has 1 aromatic carbocycles. The van der Waals surface area contributed by atoms with Crippen LogP contribution in [0.5, 0.6) is 11.7 Å². The van der Waals surface area contributed by atoms with Gasteiger partial charge in [0.2, 0.25) is 0 Å². The minimum atomic E-state index is 0.254. The van der Waals surface area contributed by atoms with E-state index >= 15 is 0 Å². The van der Waals surface area contributed by atoms with Crippen LogP contribution >= 0.6 is 0 Å². The Balaban J connectivity index is 1.71. The third kappa shape index (κ3) is 3.38. The maximum Gasteiger partial charge on any atom is 0.285 e. The first-order valence-corrected chi connectivity index (χ1v) is 5.24. The number of rotatable bonds is 6. The number of carbonyl (C=O) groups excluding carboxylic acids is 1. The predicted octanol–water partition coefficient (Wildman–Crippen LogP) is 2.55. The molecule has 0 atom stereocenters. The number of para-hydroxylation sites is 1. The van der Waals surface area contributed by atoms with Crippen molar-refractivity contribution in [3.8, 4) is 11.7 Å². The monoisotopic (exact) mass is 232 g/mol. The number of hydrogen-bond donors (Lipinski definition) is 0. The summed E-state index contributed by atoms with van der Waals surface area (Å²) in [4.78, 5) is 10.4. The second-order valence-electron chi connectivity index (χ2n) is 3.28. The van der Waals surface area contributed by atoms with Gasteiger partial charge in [0.1, 0.15) is 19.0 Å². The zero-order valence-electron chi connectivity index (χ0n) is 9.17. The molecule has 2 rings (SSSR count). The van der Waals surface area contributed by atoms with E-state index in [9.17, 15) is 4.79 Å². The van der Waals surface area contributed by atoms with Gasteiger partial charge >= 0.3 is 0 Å². The highest BCUT2D eigenvalue weighted by atomic mass is 16.6. The summed E-state index contributed by atoms with van der Waals surface area (Å²) in [5.74, 6) is 1.37. The lowest BCUT2D eigenvalue weighted by atomic mass is 10.3. The molecular weight excluding hydrogens is 220 g/mol. The molecule has 0 fully saturated rings. The third-order valence-electron chi connectivity index (χ3n) is 2.06. The van der Waals surface area contributed by atoms with Gasteiger partial charge in [-0.15, -0.1) is 0 Å². The number of aldehydes is 1. The molecule has 4 heteroatoms. The highest BCUT2D eigenvalue weighted by Gasteiger charge is 2.01. The average molecular weight is 232 g/mol. The fourth-order valence-corrected chi connectivity index (χ4v) is 1.29. The topological polar surface area (TPSA) is 48.7 Å². The summed E-state index contributed by atoms with van der Waals surface area (Å²) in [5.41, 5.74) is 0. The van der Waals surface area contributed by atoms with Crippen molar-refractivity contribution >= 4 is 6.29 Å². The van der Waals surface area contributed by atoms with Crippen LogP contribution in [0.1, 0.15) is 10.6 Å². The molecule has 1 heterocycles. The van der Waals surface area contributed by atoms with E-state index in [0.717, 1.165) is 5.75 Å². The van der Waals surface area contributed by atoms with Crippen molar-refractivity contribution in [3.05, 3.63) is 48.2 Å². The van der Waals surface area contributed by atoms with E-state index in [-0.39, 0.29) is 5.76 Å². The molecule has 0 N–H and O–H groups in total. The molecule has 17 heavy (non-hydrogen) atoms. The molecular formula is C13H12O4. The fourth-order valence-electron chi connectivity index (χ4n) is 1.29. The normalized spacial score (nSPS) is 9.88. The number of furan rings is 1. The lowest BCUT2D eigenvalue weighted by Gasteiger charge is -2.05. The van der Waals surface area contributed by atoms with E-state index < -0.39 is 0 Å². The third-order valence-corrected chi connectivity index (χ3v) is 2.06. The molecule has 88 valence electrons. The first kappa shape index (κ1) is 11.3. The maximum atomic E-state index is 10.4. The van der Waals surface area contributed by atoms with Crippen molar-refractivity contribution in [2.75, 3.05) is 13.2 Å². The van der Waals surface area contributed by atoms with Crippen molar-refractivity contribution in [3.63, 3.8) is 0 Å². The van der Waals surface area contributed by atoms with Crippen LogP contribution in [-0.4, -0.2) is 19.5 Å². The Labute approximate surface area is 98.8 Å². The minimum absolute atomic E-state index is 0.254. The average Bonchev–Trinajstić information content (AvgIpc) is 2.84. The van der Waals surface area contributed by atoms with Gasteiger partial charge in [-0.3, -0.25) is 4.79 Å². The van der Waals surface area contributed by atoms with E-state index in [2.05, 4.69) is 0 Å².